The number of piperidine rings is 1. The molecule has 0 radical (unpaired) electrons. The highest BCUT2D eigenvalue weighted by Crippen LogP contribution is 2.34. The molecule has 0 bridgehead atoms. The van der Waals surface area contributed by atoms with E-state index in [0.717, 1.165) is 30.6 Å². The first kappa shape index (κ1) is 21.0. The van der Waals surface area contributed by atoms with Crippen LogP contribution in [-0.4, -0.2) is 59.2 Å². The summed E-state index contributed by atoms with van der Waals surface area (Å²) in [5.74, 6) is 0.128. The van der Waals surface area contributed by atoms with E-state index in [1.807, 2.05) is 6.92 Å². The van der Waals surface area contributed by atoms with E-state index in [4.69, 9.17) is 9.47 Å². The number of likely N-dealkylation sites (tertiary alicyclic amines) is 1. The molecule has 3 heterocycles. The van der Waals surface area contributed by atoms with Crippen molar-refractivity contribution in [2.24, 2.45) is 5.92 Å². The molecule has 31 heavy (non-hydrogen) atoms. The molecule has 1 atom stereocenters. The highest BCUT2D eigenvalue weighted by atomic mass is 32.1. The zero-order chi connectivity index (χ0) is 21.8. The number of hydrogen-bond donors (Lipinski definition) is 2. The summed E-state index contributed by atoms with van der Waals surface area (Å²) in [5.41, 5.74) is 0.522. The number of hydrogen-bond acceptors (Lipinski definition) is 8. The van der Waals surface area contributed by atoms with Crippen LogP contribution < -0.4 is 20.1 Å². The quantitative estimate of drug-likeness (QED) is 0.696. The Morgan fingerprint density at radius 3 is 2.84 bits per heavy atom. The molecule has 2 aliphatic rings. The summed E-state index contributed by atoms with van der Waals surface area (Å²) >= 11 is 0.929. The van der Waals surface area contributed by atoms with Gasteiger partial charge in [0.2, 0.25) is 22.7 Å². The number of ether oxygens (including phenoxy) is 2. The van der Waals surface area contributed by atoms with Crippen LogP contribution in [0, 0.1) is 5.92 Å². The normalized spacial score (nSPS) is 17.3. The van der Waals surface area contributed by atoms with Gasteiger partial charge in [0.1, 0.15) is 0 Å². The second-order valence-electron chi connectivity index (χ2n) is 7.32. The number of nitrogens with zero attached hydrogens (tertiary/aromatic N) is 3. The molecule has 1 fully saturated rings. The van der Waals surface area contributed by atoms with Crippen molar-refractivity contribution in [2.75, 3.05) is 31.7 Å². The lowest BCUT2D eigenvalue weighted by Crippen LogP contribution is -2.45. The largest absolute Gasteiger partial charge is 0.454 e. The fourth-order valence-electron chi connectivity index (χ4n) is 3.46. The molecule has 1 aromatic heterocycles. The lowest BCUT2D eigenvalue weighted by molar-refractivity contribution is -0.126. The Labute approximate surface area is 182 Å². The number of carbonyl (C=O) groups is 3. The van der Waals surface area contributed by atoms with Gasteiger partial charge in [0.25, 0.3) is 11.8 Å². The molecule has 3 amide bonds. The molecule has 0 unspecified atom stereocenters. The summed E-state index contributed by atoms with van der Waals surface area (Å²) in [6.07, 6.45) is 2.35. The first-order valence-electron chi connectivity index (χ1n) is 10.2. The van der Waals surface area contributed by atoms with Gasteiger partial charge in [0.15, 0.2) is 11.5 Å². The molecule has 4 rings (SSSR count). The van der Waals surface area contributed by atoms with Gasteiger partial charge >= 0.3 is 0 Å². The predicted molar refractivity (Wildman–Crippen MR) is 112 cm³/mol. The van der Waals surface area contributed by atoms with Gasteiger partial charge in [-0.05, 0) is 31.4 Å². The van der Waals surface area contributed by atoms with E-state index in [-0.39, 0.29) is 34.5 Å². The third-order valence-corrected chi connectivity index (χ3v) is 5.97. The van der Waals surface area contributed by atoms with Crippen LogP contribution in [-0.2, 0) is 4.79 Å². The number of anilines is 1. The van der Waals surface area contributed by atoms with E-state index in [2.05, 4.69) is 20.8 Å². The number of amides is 3. The van der Waals surface area contributed by atoms with Gasteiger partial charge in [-0.2, -0.15) is 0 Å². The van der Waals surface area contributed by atoms with Gasteiger partial charge in [-0.25, -0.2) is 0 Å². The van der Waals surface area contributed by atoms with Crippen LogP contribution in [0.5, 0.6) is 11.5 Å². The van der Waals surface area contributed by atoms with E-state index >= 15 is 0 Å². The number of fused-ring (bicyclic) bond motifs is 1. The summed E-state index contributed by atoms with van der Waals surface area (Å²) in [7, 11) is 0. The maximum absolute atomic E-state index is 12.8. The van der Waals surface area contributed by atoms with Crippen LogP contribution in [0.1, 0.15) is 45.8 Å². The third-order valence-electron chi connectivity index (χ3n) is 5.06. The van der Waals surface area contributed by atoms with Crippen molar-refractivity contribution in [2.45, 2.75) is 26.2 Å². The lowest BCUT2D eigenvalue weighted by Gasteiger charge is -2.31. The van der Waals surface area contributed by atoms with E-state index in [1.54, 1.807) is 23.1 Å². The van der Waals surface area contributed by atoms with E-state index in [9.17, 15) is 14.4 Å². The number of rotatable bonds is 6. The molecule has 164 valence electrons. The summed E-state index contributed by atoms with van der Waals surface area (Å²) in [5, 5.41) is 13.6. The zero-order valence-corrected chi connectivity index (χ0v) is 17.9. The number of aromatic nitrogens is 2. The molecule has 0 saturated carbocycles. The van der Waals surface area contributed by atoms with Crippen molar-refractivity contribution < 1.29 is 23.9 Å². The van der Waals surface area contributed by atoms with Gasteiger partial charge in [0, 0.05) is 31.4 Å². The second-order valence-corrected chi connectivity index (χ2v) is 8.29. The molecule has 2 aromatic rings. The average molecular weight is 446 g/mol. The Morgan fingerprint density at radius 2 is 2.00 bits per heavy atom. The Kier molecular flexibility index (Phi) is 6.31. The number of nitrogens with one attached hydrogen (secondary N) is 2. The van der Waals surface area contributed by atoms with Gasteiger partial charge in [0.05, 0.1) is 5.92 Å². The van der Waals surface area contributed by atoms with Crippen molar-refractivity contribution in [3.8, 4) is 11.5 Å². The summed E-state index contributed by atoms with van der Waals surface area (Å²) in [6.45, 7) is 3.65. The van der Waals surface area contributed by atoms with Crippen LogP contribution in [0.3, 0.4) is 0 Å². The van der Waals surface area contributed by atoms with Crippen LogP contribution >= 0.6 is 11.3 Å². The maximum Gasteiger partial charge on any atom is 0.286 e. The van der Waals surface area contributed by atoms with E-state index < -0.39 is 5.91 Å². The molecule has 2 N–H and O–H groups in total. The van der Waals surface area contributed by atoms with Gasteiger partial charge in [-0.1, -0.05) is 18.3 Å². The molecular weight excluding hydrogens is 422 g/mol. The Hall–Kier alpha value is -3.21. The first-order valence-corrected chi connectivity index (χ1v) is 11.0. The van der Waals surface area contributed by atoms with E-state index in [1.165, 1.54) is 0 Å². The summed E-state index contributed by atoms with van der Waals surface area (Å²) in [4.78, 5) is 39.2. The van der Waals surface area contributed by atoms with Crippen molar-refractivity contribution in [1.82, 2.24) is 20.4 Å². The fraction of sp³-hybridized carbons (Fsp3) is 0.450. The Balaban J connectivity index is 1.38. The van der Waals surface area contributed by atoms with Crippen molar-refractivity contribution in [3.05, 3.63) is 28.2 Å². The smallest absolute Gasteiger partial charge is 0.286 e. The Bertz CT molecular complexity index is 994. The second kappa shape index (κ2) is 9.29. The molecule has 0 spiro atoms. The minimum Gasteiger partial charge on any atom is -0.454 e. The first-order chi connectivity index (χ1) is 15.0. The topological polar surface area (TPSA) is 123 Å². The van der Waals surface area contributed by atoms with Gasteiger partial charge in [-0.3, -0.25) is 14.4 Å². The molecule has 11 heteroatoms. The Morgan fingerprint density at radius 1 is 1.19 bits per heavy atom. The van der Waals surface area contributed by atoms with Crippen LogP contribution in [0.15, 0.2) is 18.2 Å². The maximum atomic E-state index is 12.8. The van der Waals surface area contributed by atoms with Crippen molar-refractivity contribution in [1.29, 1.82) is 0 Å². The molecule has 0 aliphatic carbocycles. The van der Waals surface area contributed by atoms with Crippen LogP contribution in [0.2, 0.25) is 0 Å². The molecular formula is C20H23N5O5S. The number of carbonyl (C=O) groups excluding carboxylic acids is 3. The van der Waals surface area contributed by atoms with Gasteiger partial charge in [-0.15, -0.1) is 10.2 Å². The van der Waals surface area contributed by atoms with Gasteiger partial charge < -0.3 is 25.0 Å². The predicted octanol–water partition coefficient (Wildman–Crippen LogP) is 1.90. The molecule has 2 aliphatic heterocycles. The van der Waals surface area contributed by atoms with Crippen LogP contribution in [0.25, 0.3) is 0 Å². The van der Waals surface area contributed by atoms with Crippen molar-refractivity contribution in [3.63, 3.8) is 0 Å². The standard InChI is InChI=1S/C20H23N5O5S/c1-2-7-21-16(26)12-4-3-8-25(10-12)20(28)19-24-23-18(31-19)17(27)22-13-5-6-14-15(9-13)30-11-29-14/h5-6,9,12H,2-4,7-8,10-11H2,1H3,(H,21,26)(H,22,27)/t12-/m1/s1. The fourth-order valence-corrected chi connectivity index (χ4v) is 4.17. The minimum absolute atomic E-state index is 0.0274. The SMILES string of the molecule is CCCNC(=O)[C@@H]1CCCN(C(=O)c2nnc(C(=O)Nc3ccc4c(c3)OCO4)s2)C1. The monoisotopic (exact) mass is 445 g/mol. The summed E-state index contributed by atoms with van der Waals surface area (Å²) < 4.78 is 10.5. The third kappa shape index (κ3) is 4.76. The van der Waals surface area contributed by atoms with Crippen molar-refractivity contribution >= 4 is 34.7 Å². The molecule has 1 saturated heterocycles. The minimum atomic E-state index is -0.467. The zero-order valence-electron chi connectivity index (χ0n) is 17.1. The van der Waals surface area contributed by atoms with E-state index in [0.29, 0.717) is 36.8 Å². The molecule has 1 aromatic carbocycles. The summed E-state index contributed by atoms with van der Waals surface area (Å²) in [6, 6.07) is 5.05. The highest BCUT2D eigenvalue weighted by molar-refractivity contribution is 7.15. The lowest BCUT2D eigenvalue weighted by atomic mass is 9.97. The number of benzene rings is 1. The highest BCUT2D eigenvalue weighted by Gasteiger charge is 2.30. The average Bonchev–Trinajstić information content (AvgIpc) is 3.46. The molecule has 10 nitrogen and oxygen atoms in total. The van der Waals surface area contributed by atoms with Crippen LogP contribution in [0.4, 0.5) is 5.69 Å².